The summed E-state index contributed by atoms with van der Waals surface area (Å²) in [5, 5.41) is 0. The number of aromatic nitrogens is 4. The van der Waals surface area contributed by atoms with Crippen LogP contribution in [0.15, 0.2) is 42.7 Å². The first-order valence-corrected chi connectivity index (χ1v) is 8.22. The van der Waals surface area contributed by atoms with Crippen LogP contribution in [-0.4, -0.2) is 43.6 Å². The van der Waals surface area contributed by atoms with Gasteiger partial charge in [0.2, 0.25) is 0 Å². The van der Waals surface area contributed by atoms with E-state index in [1.54, 1.807) is 0 Å². The van der Waals surface area contributed by atoms with Gasteiger partial charge >= 0.3 is 0 Å². The maximum absolute atomic E-state index is 4.82. The van der Waals surface area contributed by atoms with Crippen LogP contribution in [0.25, 0.3) is 22.7 Å². The molecule has 1 aliphatic heterocycles. The van der Waals surface area contributed by atoms with Crippen molar-refractivity contribution in [3.63, 3.8) is 0 Å². The van der Waals surface area contributed by atoms with E-state index in [2.05, 4.69) is 33.3 Å². The van der Waals surface area contributed by atoms with E-state index in [0.717, 1.165) is 42.2 Å². The summed E-state index contributed by atoms with van der Waals surface area (Å²) in [5.74, 6) is 0.926. The quantitative estimate of drug-likeness (QED) is 0.746. The summed E-state index contributed by atoms with van der Waals surface area (Å²) in [7, 11) is 0. The van der Waals surface area contributed by atoms with Gasteiger partial charge in [-0.15, -0.1) is 0 Å². The SMILES string of the molecule is CC(C)N1CCC(n2c(-c3ccccn3)nc3cccnc32)C1. The van der Waals surface area contributed by atoms with Crippen LogP contribution in [0.3, 0.4) is 0 Å². The molecular formula is C18H21N5. The highest BCUT2D eigenvalue weighted by molar-refractivity contribution is 5.76. The number of imidazole rings is 1. The average molecular weight is 307 g/mol. The summed E-state index contributed by atoms with van der Waals surface area (Å²) < 4.78 is 2.29. The molecule has 118 valence electrons. The second-order valence-electron chi connectivity index (χ2n) is 6.40. The van der Waals surface area contributed by atoms with E-state index in [0.29, 0.717) is 12.1 Å². The Kier molecular flexibility index (Phi) is 3.58. The lowest BCUT2D eigenvalue weighted by Gasteiger charge is -2.21. The lowest BCUT2D eigenvalue weighted by atomic mass is 10.2. The highest BCUT2D eigenvalue weighted by Gasteiger charge is 2.29. The molecule has 0 radical (unpaired) electrons. The number of nitrogens with zero attached hydrogens (tertiary/aromatic N) is 5. The number of hydrogen-bond donors (Lipinski definition) is 0. The molecule has 0 aromatic carbocycles. The van der Waals surface area contributed by atoms with Gasteiger partial charge in [0.25, 0.3) is 0 Å². The summed E-state index contributed by atoms with van der Waals surface area (Å²) in [6.07, 6.45) is 4.79. The van der Waals surface area contributed by atoms with Crippen LogP contribution < -0.4 is 0 Å². The number of fused-ring (bicyclic) bond motifs is 1. The lowest BCUT2D eigenvalue weighted by molar-refractivity contribution is 0.266. The van der Waals surface area contributed by atoms with Gasteiger partial charge in [-0.1, -0.05) is 6.07 Å². The Labute approximate surface area is 136 Å². The fourth-order valence-corrected chi connectivity index (χ4v) is 3.40. The average Bonchev–Trinajstić information content (AvgIpc) is 3.20. The standard InChI is InChI=1S/C18H21N5/c1-13(2)22-11-8-14(12-22)23-17-16(7-5-10-20-17)21-18(23)15-6-3-4-9-19-15/h3-7,9-10,13-14H,8,11-12H2,1-2H3. The Hall–Kier alpha value is -2.27. The topological polar surface area (TPSA) is 46.8 Å². The monoisotopic (exact) mass is 307 g/mol. The summed E-state index contributed by atoms with van der Waals surface area (Å²) in [4.78, 5) is 16.4. The normalized spacial score (nSPS) is 19.0. The number of hydrogen-bond acceptors (Lipinski definition) is 4. The fourth-order valence-electron chi connectivity index (χ4n) is 3.40. The second kappa shape index (κ2) is 5.74. The molecular weight excluding hydrogens is 286 g/mol. The molecule has 0 bridgehead atoms. The molecule has 1 fully saturated rings. The zero-order valence-electron chi connectivity index (χ0n) is 13.6. The van der Waals surface area contributed by atoms with E-state index in [4.69, 9.17) is 4.98 Å². The van der Waals surface area contributed by atoms with Gasteiger partial charge in [0.05, 0.1) is 6.04 Å². The molecule has 0 spiro atoms. The van der Waals surface area contributed by atoms with Gasteiger partial charge < -0.3 is 4.57 Å². The first kappa shape index (κ1) is 14.3. The lowest BCUT2D eigenvalue weighted by Crippen LogP contribution is -2.28. The highest BCUT2D eigenvalue weighted by atomic mass is 15.3. The zero-order valence-corrected chi connectivity index (χ0v) is 13.6. The Morgan fingerprint density at radius 3 is 2.70 bits per heavy atom. The molecule has 0 N–H and O–H groups in total. The molecule has 1 unspecified atom stereocenters. The van der Waals surface area contributed by atoms with Crippen LogP contribution in [0.1, 0.15) is 26.3 Å². The van der Waals surface area contributed by atoms with Crippen LogP contribution >= 0.6 is 0 Å². The third-order valence-electron chi connectivity index (χ3n) is 4.63. The smallest absolute Gasteiger partial charge is 0.161 e. The first-order valence-electron chi connectivity index (χ1n) is 8.22. The third kappa shape index (κ3) is 2.51. The van der Waals surface area contributed by atoms with E-state index in [9.17, 15) is 0 Å². The molecule has 4 rings (SSSR count). The van der Waals surface area contributed by atoms with Gasteiger partial charge in [-0.3, -0.25) is 9.88 Å². The highest BCUT2D eigenvalue weighted by Crippen LogP contribution is 2.31. The molecule has 0 amide bonds. The van der Waals surface area contributed by atoms with Crippen molar-refractivity contribution >= 4 is 11.2 Å². The van der Waals surface area contributed by atoms with Gasteiger partial charge in [0.15, 0.2) is 11.5 Å². The van der Waals surface area contributed by atoms with Crippen LogP contribution in [-0.2, 0) is 0 Å². The molecule has 23 heavy (non-hydrogen) atoms. The maximum Gasteiger partial charge on any atom is 0.161 e. The Morgan fingerprint density at radius 2 is 1.96 bits per heavy atom. The molecule has 4 heterocycles. The molecule has 1 atom stereocenters. The molecule has 0 aliphatic carbocycles. The van der Waals surface area contributed by atoms with Crippen LogP contribution in [0, 0.1) is 0 Å². The predicted octanol–water partition coefficient (Wildman–Crippen LogP) is 3.15. The molecule has 0 saturated carbocycles. The van der Waals surface area contributed by atoms with Gasteiger partial charge in [-0.25, -0.2) is 9.97 Å². The molecule has 5 nitrogen and oxygen atoms in total. The predicted molar refractivity (Wildman–Crippen MR) is 91.1 cm³/mol. The first-order chi connectivity index (χ1) is 11.2. The van der Waals surface area contributed by atoms with E-state index >= 15 is 0 Å². The Morgan fingerprint density at radius 1 is 1.09 bits per heavy atom. The zero-order chi connectivity index (χ0) is 15.8. The minimum Gasteiger partial charge on any atom is -0.303 e. The van der Waals surface area contributed by atoms with Crippen LogP contribution in [0.2, 0.25) is 0 Å². The van der Waals surface area contributed by atoms with Crippen LogP contribution in [0.5, 0.6) is 0 Å². The van der Waals surface area contributed by atoms with Crippen molar-refractivity contribution in [3.8, 4) is 11.5 Å². The van der Waals surface area contributed by atoms with Crippen molar-refractivity contribution in [1.29, 1.82) is 0 Å². The minimum absolute atomic E-state index is 0.398. The fraction of sp³-hybridized carbons (Fsp3) is 0.389. The van der Waals surface area contributed by atoms with Crippen molar-refractivity contribution in [2.24, 2.45) is 0 Å². The van der Waals surface area contributed by atoms with E-state index < -0.39 is 0 Å². The van der Waals surface area contributed by atoms with Crippen LogP contribution in [0.4, 0.5) is 0 Å². The number of likely N-dealkylation sites (tertiary alicyclic amines) is 1. The Bertz CT molecular complexity index is 809. The Balaban J connectivity index is 1.84. The van der Waals surface area contributed by atoms with E-state index in [-0.39, 0.29) is 0 Å². The number of rotatable bonds is 3. The van der Waals surface area contributed by atoms with Crippen molar-refractivity contribution in [2.45, 2.75) is 32.4 Å². The van der Waals surface area contributed by atoms with Gasteiger partial charge in [0, 0.05) is 31.5 Å². The molecule has 3 aromatic rings. The van der Waals surface area contributed by atoms with E-state index in [1.807, 2.05) is 42.7 Å². The van der Waals surface area contributed by atoms with Crippen molar-refractivity contribution in [3.05, 3.63) is 42.7 Å². The summed E-state index contributed by atoms with van der Waals surface area (Å²) in [6.45, 7) is 6.68. The maximum atomic E-state index is 4.82. The molecule has 1 aliphatic rings. The third-order valence-corrected chi connectivity index (χ3v) is 4.63. The summed E-state index contributed by atoms with van der Waals surface area (Å²) >= 11 is 0. The van der Waals surface area contributed by atoms with E-state index in [1.165, 1.54) is 0 Å². The van der Waals surface area contributed by atoms with Gasteiger partial charge in [-0.05, 0) is 44.5 Å². The molecule has 3 aromatic heterocycles. The van der Waals surface area contributed by atoms with Crippen molar-refractivity contribution < 1.29 is 0 Å². The van der Waals surface area contributed by atoms with Crippen molar-refractivity contribution in [2.75, 3.05) is 13.1 Å². The van der Waals surface area contributed by atoms with Gasteiger partial charge in [0.1, 0.15) is 11.2 Å². The van der Waals surface area contributed by atoms with Gasteiger partial charge in [-0.2, -0.15) is 0 Å². The summed E-state index contributed by atoms with van der Waals surface area (Å²) in [5.41, 5.74) is 2.81. The summed E-state index contributed by atoms with van der Waals surface area (Å²) in [6, 6.07) is 10.9. The second-order valence-corrected chi connectivity index (χ2v) is 6.40. The van der Waals surface area contributed by atoms with Crippen molar-refractivity contribution in [1.82, 2.24) is 24.4 Å². The molecule has 5 heteroatoms. The number of pyridine rings is 2. The minimum atomic E-state index is 0.398. The molecule has 1 saturated heterocycles. The largest absolute Gasteiger partial charge is 0.303 e.